The maximum atomic E-state index is 10.7. The smallest absolute Gasteiger partial charge is 0.162 e. The molecule has 3 atom stereocenters. The normalized spacial score (nSPS) is 23.3. The van der Waals surface area contributed by atoms with Crippen LogP contribution in [0.5, 0.6) is 5.75 Å². The van der Waals surface area contributed by atoms with Gasteiger partial charge in [0.05, 0.1) is 11.9 Å². The molecule has 0 radical (unpaired) electrons. The fourth-order valence-electron chi connectivity index (χ4n) is 5.13. The van der Waals surface area contributed by atoms with Crippen LogP contribution in [0.1, 0.15) is 31.7 Å². The van der Waals surface area contributed by atoms with E-state index in [9.17, 15) is 5.11 Å². The Morgan fingerprint density at radius 1 is 1.03 bits per heavy atom. The van der Waals surface area contributed by atoms with Gasteiger partial charge in [0.1, 0.15) is 5.75 Å². The van der Waals surface area contributed by atoms with Crippen molar-refractivity contribution >= 4 is 11.0 Å². The lowest BCUT2D eigenvalue weighted by atomic mass is 10.00. The first-order valence-electron chi connectivity index (χ1n) is 10.6. The van der Waals surface area contributed by atoms with Crippen molar-refractivity contribution < 1.29 is 5.11 Å². The van der Waals surface area contributed by atoms with E-state index in [1.165, 1.54) is 12.8 Å². The molecular weight excluding hydrogens is 376 g/mol. The van der Waals surface area contributed by atoms with E-state index in [1.807, 2.05) is 31.4 Å². The molecule has 3 aromatic heterocycles. The minimum Gasteiger partial charge on any atom is -0.507 e. The molecule has 2 N–H and O–H groups in total. The fourth-order valence-corrected chi connectivity index (χ4v) is 5.13. The van der Waals surface area contributed by atoms with Crippen LogP contribution < -0.4 is 5.32 Å². The van der Waals surface area contributed by atoms with Gasteiger partial charge in [0, 0.05) is 54.1 Å². The van der Waals surface area contributed by atoms with E-state index >= 15 is 0 Å². The van der Waals surface area contributed by atoms with Crippen molar-refractivity contribution in [2.75, 3.05) is 0 Å². The molecule has 1 aromatic carbocycles. The average molecular weight is 400 g/mol. The second-order valence-electron chi connectivity index (χ2n) is 8.63. The number of aromatic hydroxyl groups is 1. The first-order chi connectivity index (χ1) is 14.6. The molecule has 7 nitrogen and oxygen atoms in total. The van der Waals surface area contributed by atoms with E-state index in [2.05, 4.69) is 37.4 Å². The molecule has 2 fully saturated rings. The number of nitrogens with one attached hydrogen (secondary N) is 1. The Hall–Kier alpha value is -3.19. The minimum atomic E-state index is 0.194. The van der Waals surface area contributed by atoms with Crippen LogP contribution in [0.25, 0.3) is 33.4 Å². The molecule has 2 aliphatic rings. The van der Waals surface area contributed by atoms with Crippen LogP contribution in [0.4, 0.5) is 0 Å². The van der Waals surface area contributed by atoms with Crippen molar-refractivity contribution in [3.05, 3.63) is 48.9 Å². The molecule has 0 aliphatic carbocycles. The zero-order chi connectivity index (χ0) is 20.2. The number of hydrogen-bond acceptors (Lipinski definition) is 5. The summed E-state index contributed by atoms with van der Waals surface area (Å²) in [7, 11) is 1.88. The summed E-state index contributed by atoms with van der Waals surface area (Å²) in [6.07, 6.45) is 10.7. The summed E-state index contributed by atoms with van der Waals surface area (Å²) in [4.78, 5) is 0. The van der Waals surface area contributed by atoms with Crippen LogP contribution in [-0.2, 0) is 7.05 Å². The summed E-state index contributed by atoms with van der Waals surface area (Å²) >= 11 is 0. The standard InChI is InChI=1S/C23H24N6O/c1-28-13-16(12-24-28)14-2-5-20(22(30)9-14)21-8-15-6-7-29(23(15)27-26-21)19-10-17-3-4-18(11-19)25-17/h2,5-9,12-13,17-19,25,30H,3-4,10-11H2,1H3/t17-,18?,19-/m1/s1. The summed E-state index contributed by atoms with van der Waals surface area (Å²) in [5.41, 5.74) is 4.18. The van der Waals surface area contributed by atoms with Gasteiger partial charge < -0.3 is 15.0 Å². The van der Waals surface area contributed by atoms with Crippen LogP contribution in [0, 0.1) is 0 Å². The van der Waals surface area contributed by atoms with E-state index in [0.29, 0.717) is 29.4 Å². The number of aryl methyl sites for hydroxylation is 1. The van der Waals surface area contributed by atoms with Gasteiger partial charge >= 0.3 is 0 Å². The van der Waals surface area contributed by atoms with Gasteiger partial charge in [-0.15, -0.1) is 10.2 Å². The number of benzene rings is 1. The van der Waals surface area contributed by atoms with E-state index in [-0.39, 0.29) is 5.75 Å². The van der Waals surface area contributed by atoms with Gasteiger partial charge in [0.25, 0.3) is 0 Å². The molecule has 2 aliphatic heterocycles. The van der Waals surface area contributed by atoms with Crippen LogP contribution in [0.3, 0.4) is 0 Å². The summed E-state index contributed by atoms with van der Waals surface area (Å²) in [5.74, 6) is 0.194. The number of rotatable bonds is 3. The molecule has 1 unspecified atom stereocenters. The molecule has 0 amide bonds. The van der Waals surface area contributed by atoms with Gasteiger partial charge in [-0.3, -0.25) is 4.68 Å². The van der Waals surface area contributed by atoms with E-state index in [1.54, 1.807) is 16.9 Å². The highest BCUT2D eigenvalue weighted by Gasteiger charge is 2.34. The molecule has 6 rings (SSSR count). The summed E-state index contributed by atoms with van der Waals surface area (Å²) in [5, 5.41) is 28.6. The van der Waals surface area contributed by atoms with Gasteiger partial charge in [-0.05, 0) is 55.5 Å². The second-order valence-corrected chi connectivity index (χ2v) is 8.63. The fraction of sp³-hybridized carbons (Fsp3) is 0.348. The highest BCUT2D eigenvalue weighted by Crippen LogP contribution is 2.37. The Labute approximate surface area is 174 Å². The van der Waals surface area contributed by atoms with Crippen molar-refractivity contribution in [3.8, 4) is 28.1 Å². The molecule has 0 spiro atoms. The lowest BCUT2D eigenvalue weighted by Gasteiger charge is -2.30. The molecule has 2 bridgehead atoms. The number of aromatic nitrogens is 5. The Balaban J connectivity index is 1.33. The number of nitrogens with zero attached hydrogens (tertiary/aromatic N) is 5. The average Bonchev–Trinajstić information content (AvgIpc) is 3.45. The minimum absolute atomic E-state index is 0.194. The molecule has 152 valence electrons. The third-order valence-corrected chi connectivity index (χ3v) is 6.62. The third kappa shape index (κ3) is 2.89. The molecule has 5 heterocycles. The van der Waals surface area contributed by atoms with Crippen molar-refractivity contribution in [1.29, 1.82) is 0 Å². The van der Waals surface area contributed by atoms with E-state index < -0.39 is 0 Å². The van der Waals surface area contributed by atoms with Crippen molar-refractivity contribution in [1.82, 2.24) is 29.9 Å². The molecule has 30 heavy (non-hydrogen) atoms. The Morgan fingerprint density at radius 3 is 2.60 bits per heavy atom. The molecule has 0 saturated carbocycles. The number of fused-ring (bicyclic) bond motifs is 3. The van der Waals surface area contributed by atoms with E-state index in [0.717, 1.165) is 35.0 Å². The monoisotopic (exact) mass is 400 g/mol. The predicted molar refractivity (Wildman–Crippen MR) is 115 cm³/mol. The zero-order valence-electron chi connectivity index (χ0n) is 16.9. The maximum Gasteiger partial charge on any atom is 0.162 e. The molecule has 2 saturated heterocycles. The van der Waals surface area contributed by atoms with Gasteiger partial charge in [-0.25, -0.2) is 0 Å². The van der Waals surface area contributed by atoms with Crippen LogP contribution in [0.2, 0.25) is 0 Å². The summed E-state index contributed by atoms with van der Waals surface area (Å²) in [6.45, 7) is 0. The summed E-state index contributed by atoms with van der Waals surface area (Å²) < 4.78 is 4.04. The first kappa shape index (κ1) is 17.7. The maximum absolute atomic E-state index is 10.7. The van der Waals surface area contributed by atoms with Gasteiger partial charge in [0.2, 0.25) is 0 Å². The van der Waals surface area contributed by atoms with Gasteiger partial charge in [-0.1, -0.05) is 6.07 Å². The molecule has 4 aromatic rings. The largest absolute Gasteiger partial charge is 0.507 e. The van der Waals surface area contributed by atoms with Gasteiger partial charge in [-0.2, -0.15) is 5.10 Å². The van der Waals surface area contributed by atoms with Crippen LogP contribution >= 0.6 is 0 Å². The number of phenols is 1. The lowest BCUT2D eigenvalue weighted by molar-refractivity contribution is 0.303. The van der Waals surface area contributed by atoms with Crippen LogP contribution in [-0.4, -0.2) is 41.7 Å². The quantitative estimate of drug-likeness (QED) is 0.549. The Morgan fingerprint density at radius 2 is 1.87 bits per heavy atom. The predicted octanol–water partition coefficient (Wildman–Crippen LogP) is 3.66. The SMILES string of the molecule is Cn1cc(-c2ccc(-c3cc4ccn([C@H]5CC6CC[C@H](C5)N6)c4nn3)c(O)c2)cn1. The lowest BCUT2D eigenvalue weighted by Crippen LogP contribution is -2.38. The number of piperidine rings is 1. The van der Waals surface area contributed by atoms with Gasteiger partial charge in [0.15, 0.2) is 5.65 Å². The summed E-state index contributed by atoms with van der Waals surface area (Å²) in [6, 6.07) is 11.5. The van der Waals surface area contributed by atoms with E-state index in [4.69, 9.17) is 0 Å². The highest BCUT2D eigenvalue weighted by molar-refractivity contribution is 5.82. The van der Waals surface area contributed by atoms with Crippen molar-refractivity contribution in [2.45, 2.75) is 43.8 Å². The van der Waals surface area contributed by atoms with Crippen molar-refractivity contribution in [3.63, 3.8) is 0 Å². The second kappa shape index (κ2) is 6.67. The molecule has 7 heteroatoms. The Bertz CT molecular complexity index is 1230. The Kier molecular flexibility index (Phi) is 3.92. The third-order valence-electron chi connectivity index (χ3n) is 6.62. The van der Waals surface area contributed by atoms with Crippen LogP contribution in [0.15, 0.2) is 48.9 Å². The molecular formula is C23H24N6O. The van der Waals surface area contributed by atoms with Crippen molar-refractivity contribution in [2.24, 2.45) is 7.05 Å². The highest BCUT2D eigenvalue weighted by atomic mass is 16.3. The zero-order valence-corrected chi connectivity index (χ0v) is 16.9. The topological polar surface area (TPSA) is 80.8 Å². The number of phenolic OH excluding ortho intramolecular Hbond substituents is 1. The number of hydrogen-bond donors (Lipinski definition) is 2. The first-order valence-corrected chi connectivity index (χ1v) is 10.6.